The van der Waals surface area contributed by atoms with E-state index in [2.05, 4.69) is 42.2 Å². The van der Waals surface area contributed by atoms with Crippen LogP contribution in [0.1, 0.15) is 28.8 Å². The van der Waals surface area contributed by atoms with Gasteiger partial charge in [0.05, 0.1) is 5.01 Å². The average Bonchev–Trinajstić information content (AvgIpc) is 2.82. The fourth-order valence-corrected chi connectivity index (χ4v) is 3.64. The van der Waals surface area contributed by atoms with Crippen molar-refractivity contribution in [2.75, 3.05) is 5.88 Å². The highest BCUT2D eigenvalue weighted by atomic mass is 35.5. The third-order valence-corrected chi connectivity index (χ3v) is 4.92. The standard InChI is InChI=1S/C15H18ClNS/c1-3-15(11-16,13-7-5-4-6-8-13)9-14-10-17-12(2)18-14/h4-8,10H,3,9,11H2,1-2H3. The van der Waals surface area contributed by atoms with Crippen molar-refractivity contribution in [2.45, 2.75) is 32.1 Å². The van der Waals surface area contributed by atoms with Gasteiger partial charge < -0.3 is 0 Å². The summed E-state index contributed by atoms with van der Waals surface area (Å²) >= 11 is 8.07. The lowest BCUT2D eigenvalue weighted by atomic mass is 9.77. The smallest absolute Gasteiger partial charge is 0.0896 e. The summed E-state index contributed by atoms with van der Waals surface area (Å²) in [6.45, 7) is 4.26. The Balaban J connectivity index is 2.32. The van der Waals surface area contributed by atoms with Crippen LogP contribution < -0.4 is 0 Å². The number of aromatic nitrogens is 1. The van der Waals surface area contributed by atoms with Crippen LogP contribution in [0.5, 0.6) is 0 Å². The lowest BCUT2D eigenvalue weighted by Gasteiger charge is -2.30. The van der Waals surface area contributed by atoms with E-state index in [1.54, 1.807) is 11.3 Å². The Labute approximate surface area is 118 Å². The van der Waals surface area contributed by atoms with Gasteiger partial charge in [0.25, 0.3) is 0 Å². The van der Waals surface area contributed by atoms with Crippen molar-refractivity contribution in [1.82, 2.24) is 4.98 Å². The summed E-state index contributed by atoms with van der Waals surface area (Å²) in [5.74, 6) is 0.643. The van der Waals surface area contributed by atoms with Crippen molar-refractivity contribution in [3.05, 3.63) is 52.0 Å². The normalized spacial score (nSPS) is 14.4. The Bertz CT molecular complexity index is 488. The third kappa shape index (κ3) is 2.76. The summed E-state index contributed by atoms with van der Waals surface area (Å²) in [5.41, 5.74) is 1.36. The molecule has 1 nitrogen and oxygen atoms in total. The topological polar surface area (TPSA) is 12.9 Å². The molecule has 0 fully saturated rings. The van der Waals surface area contributed by atoms with Gasteiger partial charge in [0.15, 0.2) is 0 Å². The first-order valence-corrected chi connectivity index (χ1v) is 7.58. The Morgan fingerprint density at radius 2 is 2.00 bits per heavy atom. The molecule has 2 aromatic rings. The van der Waals surface area contributed by atoms with Crippen molar-refractivity contribution in [3.8, 4) is 0 Å². The zero-order valence-electron chi connectivity index (χ0n) is 10.8. The molecule has 0 radical (unpaired) electrons. The highest BCUT2D eigenvalue weighted by molar-refractivity contribution is 7.11. The third-order valence-electron chi connectivity index (χ3n) is 3.50. The average molecular weight is 280 g/mol. The van der Waals surface area contributed by atoms with E-state index in [0.717, 1.165) is 17.8 Å². The second-order valence-electron chi connectivity index (χ2n) is 4.66. The molecule has 0 spiro atoms. The molecule has 0 amide bonds. The van der Waals surface area contributed by atoms with Gasteiger partial charge in [0.1, 0.15) is 0 Å². The van der Waals surface area contributed by atoms with Crippen molar-refractivity contribution in [2.24, 2.45) is 0 Å². The second-order valence-corrected chi connectivity index (χ2v) is 6.24. The predicted octanol–water partition coefficient (Wildman–Crippen LogP) is 4.58. The Morgan fingerprint density at radius 1 is 1.28 bits per heavy atom. The Morgan fingerprint density at radius 3 is 2.50 bits per heavy atom. The molecule has 0 N–H and O–H groups in total. The molecule has 1 aromatic heterocycles. The molecular formula is C15H18ClNS. The van der Waals surface area contributed by atoms with E-state index in [-0.39, 0.29) is 5.41 Å². The van der Waals surface area contributed by atoms with Gasteiger partial charge in [-0.15, -0.1) is 22.9 Å². The first-order valence-electron chi connectivity index (χ1n) is 6.23. The van der Waals surface area contributed by atoms with E-state index >= 15 is 0 Å². The largest absolute Gasteiger partial charge is 0.250 e. The van der Waals surface area contributed by atoms with Gasteiger partial charge in [0, 0.05) is 22.4 Å². The van der Waals surface area contributed by atoms with E-state index < -0.39 is 0 Å². The van der Waals surface area contributed by atoms with Gasteiger partial charge in [-0.05, 0) is 25.3 Å². The lowest BCUT2D eigenvalue weighted by Crippen LogP contribution is -2.30. The van der Waals surface area contributed by atoms with Gasteiger partial charge in [-0.25, -0.2) is 4.98 Å². The number of hydrogen-bond acceptors (Lipinski definition) is 2. The molecule has 0 saturated carbocycles. The lowest BCUT2D eigenvalue weighted by molar-refractivity contribution is 0.461. The zero-order chi connectivity index (χ0) is 13.0. The summed E-state index contributed by atoms with van der Waals surface area (Å²) in [6, 6.07) is 10.6. The maximum absolute atomic E-state index is 6.30. The minimum Gasteiger partial charge on any atom is -0.250 e. The Hall–Kier alpha value is -0.860. The number of benzene rings is 1. The second kappa shape index (κ2) is 5.85. The van der Waals surface area contributed by atoms with Crippen molar-refractivity contribution >= 4 is 22.9 Å². The van der Waals surface area contributed by atoms with E-state index in [1.807, 2.05) is 13.1 Å². The molecule has 96 valence electrons. The molecule has 0 aliphatic heterocycles. The van der Waals surface area contributed by atoms with Gasteiger partial charge >= 0.3 is 0 Å². The van der Waals surface area contributed by atoms with Gasteiger partial charge in [0.2, 0.25) is 0 Å². The summed E-state index contributed by atoms with van der Waals surface area (Å²) in [6.07, 6.45) is 4.00. The van der Waals surface area contributed by atoms with Crippen LogP contribution in [0.3, 0.4) is 0 Å². The number of hydrogen-bond donors (Lipinski definition) is 0. The fourth-order valence-electron chi connectivity index (χ4n) is 2.26. The number of thiazole rings is 1. The number of alkyl halides is 1. The highest BCUT2D eigenvalue weighted by Gasteiger charge is 2.30. The van der Waals surface area contributed by atoms with E-state index in [4.69, 9.17) is 11.6 Å². The monoisotopic (exact) mass is 279 g/mol. The minimum atomic E-state index is 0.0296. The molecular weight excluding hydrogens is 262 g/mol. The number of rotatable bonds is 5. The summed E-state index contributed by atoms with van der Waals surface area (Å²) < 4.78 is 0. The molecule has 0 aliphatic carbocycles. The Kier molecular flexibility index (Phi) is 4.41. The molecule has 18 heavy (non-hydrogen) atoms. The van der Waals surface area contributed by atoms with Crippen LogP contribution in [-0.4, -0.2) is 10.9 Å². The maximum atomic E-state index is 6.30. The van der Waals surface area contributed by atoms with Crippen LogP contribution in [0, 0.1) is 6.92 Å². The molecule has 3 heteroatoms. The number of halogens is 1. The first-order chi connectivity index (χ1) is 8.70. The van der Waals surface area contributed by atoms with E-state index in [1.165, 1.54) is 10.4 Å². The molecule has 0 saturated heterocycles. The SMILES string of the molecule is CCC(CCl)(Cc1cnc(C)s1)c1ccccc1. The van der Waals surface area contributed by atoms with Gasteiger partial charge in [-0.3, -0.25) is 0 Å². The first kappa shape index (κ1) is 13.6. The van der Waals surface area contributed by atoms with Crippen molar-refractivity contribution in [3.63, 3.8) is 0 Å². The van der Waals surface area contributed by atoms with Crippen molar-refractivity contribution < 1.29 is 0 Å². The molecule has 0 bridgehead atoms. The van der Waals surface area contributed by atoms with Crippen LogP contribution in [0.2, 0.25) is 0 Å². The molecule has 1 heterocycles. The summed E-state index contributed by atoms with van der Waals surface area (Å²) in [4.78, 5) is 5.66. The maximum Gasteiger partial charge on any atom is 0.0896 e. The van der Waals surface area contributed by atoms with Gasteiger partial charge in [-0.2, -0.15) is 0 Å². The van der Waals surface area contributed by atoms with Crippen LogP contribution in [0.4, 0.5) is 0 Å². The molecule has 1 aromatic carbocycles. The number of nitrogens with zero attached hydrogens (tertiary/aromatic N) is 1. The van der Waals surface area contributed by atoms with E-state index in [9.17, 15) is 0 Å². The van der Waals surface area contributed by atoms with Crippen LogP contribution in [-0.2, 0) is 11.8 Å². The van der Waals surface area contributed by atoms with Crippen LogP contribution in [0.25, 0.3) is 0 Å². The summed E-state index contributed by atoms with van der Waals surface area (Å²) in [5, 5.41) is 1.12. The van der Waals surface area contributed by atoms with Crippen molar-refractivity contribution in [1.29, 1.82) is 0 Å². The van der Waals surface area contributed by atoms with Crippen LogP contribution in [0.15, 0.2) is 36.5 Å². The quantitative estimate of drug-likeness (QED) is 0.730. The molecule has 1 atom stereocenters. The minimum absolute atomic E-state index is 0.0296. The summed E-state index contributed by atoms with van der Waals surface area (Å²) in [7, 11) is 0. The number of aryl methyl sites for hydroxylation is 1. The molecule has 1 unspecified atom stereocenters. The highest BCUT2D eigenvalue weighted by Crippen LogP contribution is 2.34. The molecule has 0 aliphatic rings. The fraction of sp³-hybridized carbons (Fsp3) is 0.400. The van der Waals surface area contributed by atoms with E-state index in [0.29, 0.717) is 5.88 Å². The zero-order valence-corrected chi connectivity index (χ0v) is 12.4. The predicted molar refractivity (Wildman–Crippen MR) is 79.7 cm³/mol. The molecule has 2 rings (SSSR count). The van der Waals surface area contributed by atoms with Gasteiger partial charge in [-0.1, -0.05) is 37.3 Å². The van der Waals surface area contributed by atoms with Crippen LogP contribution >= 0.6 is 22.9 Å².